The van der Waals surface area contributed by atoms with E-state index in [1.54, 1.807) is 6.07 Å². The van der Waals surface area contributed by atoms with E-state index in [1.807, 2.05) is 6.92 Å². The van der Waals surface area contributed by atoms with E-state index in [0.717, 1.165) is 12.8 Å². The molecule has 1 heterocycles. The van der Waals surface area contributed by atoms with Crippen LogP contribution in [-0.4, -0.2) is 27.0 Å². The first kappa shape index (κ1) is 12.9. The molecule has 1 aromatic heterocycles. The molecule has 20 heavy (non-hydrogen) atoms. The summed E-state index contributed by atoms with van der Waals surface area (Å²) < 4.78 is 10.8. The summed E-state index contributed by atoms with van der Waals surface area (Å²) in [5, 5.41) is 23.5. The second-order valence-electron chi connectivity index (χ2n) is 4.84. The molecule has 0 aliphatic heterocycles. The van der Waals surface area contributed by atoms with Crippen LogP contribution in [0, 0.1) is 5.92 Å². The van der Waals surface area contributed by atoms with E-state index < -0.39 is 0 Å². The van der Waals surface area contributed by atoms with E-state index in [9.17, 15) is 10.2 Å². The maximum absolute atomic E-state index is 9.80. The van der Waals surface area contributed by atoms with Crippen LogP contribution in [0.15, 0.2) is 22.7 Å². The summed E-state index contributed by atoms with van der Waals surface area (Å²) in [6.45, 7) is 2.50. The van der Waals surface area contributed by atoms with Crippen LogP contribution < -0.4 is 0 Å². The lowest BCUT2D eigenvalue weighted by Gasteiger charge is -2.11. The van der Waals surface area contributed by atoms with Gasteiger partial charge in [-0.05, 0) is 37.8 Å². The van der Waals surface area contributed by atoms with Crippen LogP contribution in [0.2, 0.25) is 0 Å². The summed E-state index contributed by atoms with van der Waals surface area (Å²) in [7, 11) is 0. The van der Waals surface area contributed by atoms with Gasteiger partial charge in [-0.15, -0.1) is 0 Å². The summed E-state index contributed by atoms with van der Waals surface area (Å²) in [6, 6.07) is 4.46. The average Bonchev–Trinajstić information content (AvgIpc) is 3.15. The molecule has 0 amide bonds. The molecule has 1 aromatic carbocycles. The largest absolute Gasteiger partial charge is 0.507 e. The Kier molecular flexibility index (Phi) is 3.31. The average molecular weight is 276 g/mol. The third-order valence-corrected chi connectivity index (χ3v) is 3.33. The lowest BCUT2D eigenvalue weighted by atomic mass is 10.1. The van der Waals surface area contributed by atoms with Gasteiger partial charge in [0.05, 0.1) is 0 Å². The summed E-state index contributed by atoms with van der Waals surface area (Å²) in [5.41, 5.74) is 0.150. The number of rotatable bonds is 5. The van der Waals surface area contributed by atoms with Crippen LogP contribution in [-0.2, 0) is 4.74 Å². The van der Waals surface area contributed by atoms with Crippen molar-refractivity contribution in [3.63, 3.8) is 0 Å². The molecule has 0 radical (unpaired) electrons. The second kappa shape index (κ2) is 5.13. The minimum atomic E-state index is -0.175. The number of aromatic nitrogens is 2. The van der Waals surface area contributed by atoms with Gasteiger partial charge in [0.1, 0.15) is 23.2 Å². The van der Waals surface area contributed by atoms with Gasteiger partial charge >= 0.3 is 0 Å². The number of ether oxygens (including phenoxy) is 1. The smallest absolute Gasteiger partial charge is 0.265 e. The monoisotopic (exact) mass is 276 g/mol. The van der Waals surface area contributed by atoms with Gasteiger partial charge in [-0.25, -0.2) is 0 Å². The van der Waals surface area contributed by atoms with Crippen LogP contribution in [0.4, 0.5) is 0 Å². The summed E-state index contributed by atoms with van der Waals surface area (Å²) in [4.78, 5) is 4.26. The zero-order valence-corrected chi connectivity index (χ0v) is 11.1. The molecule has 1 unspecified atom stereocenters. The normalized spacial score (nSPS) is 16.2. The Balaban J connectivity index is 1.93. The zero-order valence-electron chi connectivity index (χ0n) is 11.1. The molecule has 1 aliphatic rings. The highest BCUT2D eigenvalue weighted by molar-refractivity contribution is 5.69. The number of phenols is 2. The van der Waals surface area contributed by atoms with Crippen LogP contribution in [0.25, 0.3) is 11.5 Å². The molecule has 2 aromatic rings. The molecule has 106 valence electrons. The van der Waals surface area contributed by atoms with E-state index in [4.69, 9.17) is 9.26 Å². The van der Waals surface area contributed by atoms with E-state index >= 15 is 0 Å². The Labute approximate surface area is 116 Å². The Morgan fingerprint density at radius 1 is 1.35 bits per heavy atom. The van der Waals surface area contributed by atoms with Crippen LogP contribution in [0.3, 0.4) is 0 Å². The van der Waals surface area contributed by atoms with Crippen LogP contribution in [0.5, 0.6) is 11.5 Å². The lowest BCUT2D eigenvalue weighted by molar-refractivity contribution is 0.0385. The Bertz CT molecular complexity index is 587. The molecule has 1 saturated carbocycles. The predicted octanol–water partition coefficient (Wildman–Crippen LogP) is 2.64. The molecule has 2 N–H and O–H groups in total. The molecule has 1 atom stereocenters. The first-order chi connectivity index (χ1) is 9.70. The molecule has 1 aliphatic carbocycles. The minimum absolute atomic E-state index is 0.0976. The molecule has 1 fully saturated rings. The van der Waals surface area contributed by atoms with Crippen LogP contribution in [0.1, 0.15) is 31.7 Å². The molecule has 3 rings (SSSR count). The first-order valence-electron chi connectivity index (χ1n) is 6.67. The molecule has 0 saturated heterocycles. The summed E-state index contributed by atoms with van der Waals surface area (Å²) in [5.74, 6) is 0.797. The molecule has 0 bridgehead atoms. The van der Waals surface area contributed by atoms with E-state index in [0.29, 0.717) is 18.3 Å². The van der Waals surface area contributed by atoms with Crippen molar-refractivity contribution in [1.82, 2.24) is 10.1 Å². The maximum Gasteiger partial charge on any atom is 0.265 e. The Morgan fingerprint density at radius 3 is 2.65 bits per heavy atom. The lowest BCUT2D eigenvalue weighted by Crippen LogP contribution is -2.08. The van der Waals surface area contributed by atoms with Crippen LogP contribution >= 0.6 is 0 Å². The van der Waals surface area contributed by atoms with Crippen molar-refractivity contribution in [1.29, 1.82) is 0 Å². The van der Waals surface area contributed by atoms with Crippen molar-refractivity contribution in [2.45, 2.75) is 25.9 Å². The number of benzene rings is 1. The third kappa shape index (κ3) is 2.34. The van der Waals surface area contributed by atoms with Gasteiger partial charge < -0.3 is 19.5 Å². The fourth-order valence-electron chi connectivity index (χ4n) is 2.20. The molecule has 6 nitrogen and oxygen atoms in total. The topological polar surface area (TPSA) is 88.6 Å². The molecular formula is C14H16N2O4. The van der Waals surface area contributed by atoms with Gasteiger partial charge in [0.15, 0.2) is 0 Å². The maximum atomic E-state index is 9.80. The highest BCUT2D eigenvalue weighted by Crippen LogP contribution is 2.43. The predicted molar refractivity (Wildman–Crippen MR) is 70.2 cm³/mol. The second-order valence-corrected chi connectivity index (χ2v) is 4.84. The highest BCUT2D eigenvalue weighted by Gasteiger charge is 2.36. The summed E-state index contributed by atoms with van der Waals surface area (Å²) in [6.07, 6.45) is 2.01. The minimum Gasteiger partial charge on any atom is -0.507 e. The van der Waals surface area contributed by atoms with E-state index in [1.165, 1.54) is 12.1 Å². The number of nitrogens with zero attached hydrogens (tertiary/aromatic N) is 2. The van der Waals surface area contributed by atoms with Gasteiger partial charge in [-0.2, -0.15) is 4.98 Å². The van der Waals surface area contributed by atoms with Crippen molar-refractivity contribution in [3.05, 3.63) is 24.0 Å². The highest BCUT2D eigenvalue weighted by atomic mass is 16.5. The zero-order chi connectivity index (χ0) is 14.1. The Morgan fingerprint density at radius 2 is 2.05 bits per heavy atom. The Hall–Kier alpha value is -2.08. The van der Waals surface area contributed by atoms with Crippen molar-refractivity contribution >= 4 is 0 Å². The van der Waals surface area contributed by atoms with Gasteiger partial charge in [0, 0.05) is 6.61 Å². The standard InChI is InChI=1S/C14H16N2O4/c1-2-19-12(8-6-7-8)13-15-14(20-16-13)11-9(17)4-3-5-10(11)18/h3-5,8,12,17-18H,2,6-7H2,1H3. The van der Waals surface area contributed by atoms with Crippen molar-refractivity contribution in [3.8, 4) is 23.0 Å². The number of hydrogen-bond acceptors (Lipinski definition) is 6. The number of phenolic OH excluding ortho intramolecular Hbond substituents is 2. The van der Waals surface area contributed by atoms with Gasteiger partial charge in [-0.3, -0.25) is 0 Å². The van der Waals surface area contributed by atoms with Gasteiger partial charge in [0.25, 0.3) is 5.89 Å². The molecular weight excluding hydrogens is 260 g/mol. The van der Waals surface area contributed by atoms with E-state index in [2.05, 4.69) is 10.1 Å². The quantitative estimate of drug-likeness (QED) is 0.872. The first-order valence-corrected chi connectivity index (χ1v) is 6.67. The summed E-state index contributed by atoms with van der Waals surface area (Å²) >= 11 is 0. The number of aromatic hydroxyl groups is 2. The molecule has 6 heteroatoms. The third-order valence-electron chi connectivity index (χ3n) is 3.33. The SMILES string of the molecule is CCOC(c1noc(-c2c(O)cccc2O)n1)C1CC1. The fraction of sp³-hybridized carbons (Fsp3) is 0.429. The van der Waals surface area contributed by atoms with Crippen molar-refractivity contribution in [2.24, 2.45) is 5.92 Å². The molecule has 0 spiro atoms. The fourth-order valence-corrected chi connectivity index (χ4v) is 2.20. The van der Waals surface area contributed by atoms with Gasteiger partial charge in [0.2, 0.25) is 5.82 Å². The van der Waals surface area contributed by atoms with E-state index in [-0.39, 0.29) is 29.1 Å². The van der Waals surface area contributed by atoms with Crippen molar-refractivity contribution in [2.75, 3.05) is 6.61 Å². The van der Waals surface area contributed by atoms with Gasteiger partial charge in [-0.1, -0.05) is 11.2 Å². The number of hydrogen-bond donors (Lipinski definition) is 2. The van der Waals surface area contributed by atoms with Crippen molar-refractivity contribution < 1.29 is 19.5 Å².